The molecule has 0 atom stereocenters. The van der Waals surface area contributed by atoms with Gasteiger partial charge < -0.3 is 25.8 Å². The minimum Gasteiger partial charge on any atom is -0.354 e. The summed E-state index contributed by atoms with van der Waals surface area (Å²) in [6.45, 7) is 0.506. The Labute approximate surface area is 182 Å². The summed E-state index contributed by atoms with van der Waals surface area (Å²) in [5.41, 5.74) is 3.86. The van der Waals surface area contributed by atoms with Crippen molar-refractivity contribution in [3.63, 3.8) is 0 Å². The summed E-state index contributed by atoms with van der Waals surface area (Å²) < 4.78 is 14.5. The van der Waals surface area contributed by atoms with E-state index in [1.165, 1.54) is 0 Å². The molecule has 0 aliphatic carbocycles. The van der Waals surface area contributed by atoms with Crippen molar-refractivity contribution in [1.29, 1.82) is 0 Å². The van der Waals surface area contributed by atoms with Gasteiger partial charge in [0, 0.05) is 42.2 Å². The molecule has 0 radical (unpaired) electrons. The van der Waals surface area contributed by atoms with Crippen molar-refractivity contribution in [2.24, 2.45) is 0 Å². The number of carbonyl (C=O) groups excluding carboxylic acids is 1. The first-order chi connectivity index (χ1) is 15.6. The van der Waals surface area contributed by atoms with E-state index >= 15 is 0 Å². The molecule has 0 fully saturated rings. The molecule has 0 bridgehead atoms. The van der Waals surface area contributed by atoms with Crippen LogP contribution in [0.5, 0.6) is 5.75 Å². The first kappa shape index (κ1) is 19.8. The number of benzene rings is 2. The summed E-state index contributed by atoms with van der Waals surface area (Å²) in [5.74, 6) is 0.345. The number of hydrogen-bond donors (Lipinski definition) is 4. The van der Waals surface area contributed by atoms with Crippen molar-refractivity contribution in [1.82, 2.24) is 15.3 Å². The number of hydrogen-bond acceptors (Lipinski definition) is 6. The van der Waals surface area contributed by atoms with Crippen LogP contribution >= 0.6 is 0 Å². The molecule has 4 N–H and O–H groups in total. The number of para-hydroxylation sites is 1. The summed E-state index contributed by atoms with van der Waals surface area (Å²) in [7, 11) is 1.58. The molecule has 2 aromatic carbocycles. The normalized spacial score (nSPS) is 12.7. The van der Waals surface area contributed by atoms with Crippen LogP contribution in [-0.2, 0) is 11.3 Å². The molecule has 0 unspecified atom stereocenters. The summed E-state index contributed by atoms with van der Waals surface area (Å²) in [6.07, 6.45) is 1.91. The Bertz CT molecular complexity index is 1320. The van der Waals surface area contributed by atoms with Crippen LogP contribution in [0.25, 0.3) is 10.9 Å². The topological polar surface area (TPSA) is 100 Å². The SMILES string of the molecule is CNC(=O)c1cc2cccc(Nc3cc(Nc4ccc5c(c4)OOCC5)c(F)cn3)c2[nH]1. The van der Waals surface area contributed by atoms with Crippen molar-refractivity contribution in [3.8, 4) is 5.75 Å². The number of fused-ring (bicyclic) bond motifs is 2. The third-order valence-electron chi connectivity index (χ3n) is 5.20. The standard InChI is InChI=1S/C23H20FN5O3/c1-25-23(30)19-9-14-3-2-4-17(22(14)29-19)28-21-11-18(16(24)12-26-21)27-15-6-5-13-7-8-31-32-20(13)10-15/h2-6,9-12,29H,7-8H2,1H3,(H,25,30)(H2,26,27,28). The van der Waals surface area contributed by atoms with E-state index in [1.54, 1.807) is 25.2 Å². The lowest BCUT2D eigenvalue weighted by Crippen LogP contribution is -2.17. The van der Waals surface area contributed by atoms with Gasteiger partial charge in [0.2, 0.25) is 0 Å². The Balaban J connectivity index is 1.42. The van der Waals surface area contributed by atoms with Gasteiger partial charge in [0.25, 0.3) is 5.91 Å². The second kappa shape index (κ2) is 8.20. The number of aromatic amines is 1. The lowest BCUT2D eigenvalue weighted by atomic mass is 10.1. The molecule has 32 heavy (non-hydrogen) atoms. The highest BCUT2D eigenvalue weighted by molar-refractivity contribution is 6.01. The van der Waals surface area contributed by atoms with Gasteiger partial charge in [0.05, 0.1) is 29.7 Å². The van der Waals surface area contributed by atoms with Gasteiger partial charge in [-0.3, -0.25) is 4.79 Å². The maximum absolute atomic E-state index is 14.5. The fourth-order valence-electron chi connectivity index (χ4n) is 3.59. The van der Waals surface area contributed by atoms with E-state index in [0.717, 1.165) is 29.1 Å². The minimum atomic E-state index is -0.495. The molecule has 2 aromatic heterocycles. The van der Waals surface area contributed by atoms with Gasteiger partial charge in [0.15, 0.2) is 11.6 Å². The molecule has 8 nitrogen and oxygen atoms in total. The number of rotatable bonds is 5. The van der Waals surface area contributed by atoms with Crippen LogP contribution in [0.2, 0.25) is 0 Å². The Morgan fingerprint density at radius 2 is 2.03 bits per heavy atom. The fourth-order valence-corrected chi connectivity index (χ4v) is 3.59. The molecule has 1 aliphatic rings. The third-order valence-corrected chi connectivity index (χ3v) is 5.20. The fraction of sp³-hybridized carbons (Fsp3) is 0.130. The van der Waals surface area contributed by atoms with Gasteiger partial charge in [-0.05, 0) is 18.2 Å². The maximum atomic E-state index is 14.5. The van der Waals surface area contributed by atoms with Crippen molar-refractivity contribution in [2.75, 3.05) is 24.3 Å². The van der Waals surface area contributed by atoms with Gasteiger partial charge in [-0.25, -0.2) is 9.37 Å². The molecular formula is C23H20FN5O3. The molecule has 3 heterocycles. The predicted molar refractivity (Wildman–Crippen MR) is 119 cm³/mol. The van der Waals surface area contributed by atoms with E-state index in [0.29, 0.717) is 35.2 Å². The first-order valence-corrected chi connectivity index (χ1v) is 10.1. The second-order valence-electron chi connectivity index (χ2n) is 7.31. The Morgan fingerprint density at radius 3 is 2.91 bits per heavy atom. The summed E-state index contributed by atoms with van der Waals surface area (Å²) in [4.78, 5) is 29.4. The van der Waals surface area contributed by atoms with Gasteiger partial charge in [-0.2, -0.15) is 4.89 Å². The van der Waals surface area contributed by atoms with E-state index in [4.69, 9.17) is 9.78 Å². The van der Waals surface area contributed by atoms with Gasteiger partial charge in [-0.15, -0.1) is 0 Å². The molecule has 1 amide bonds. The maximum Gasteiger partial charge on any atom is 0.267 e. The highest BCUT2D eigenvalue weighted by Gasteiger charge is 2.14. The summed E-state index contributed by atoms with van der Waals surface area (Å²) in [5, 5.41) is 9.72. The van der Waals surface area contributed by atoms with Crippen LogP contribution in [-0.4, -0.2) is 29.5 Å². The average Bonchev–Trinajstić information content (AvgIpc) is 3.26. The third kappa shape index (κ3) is 3.81. The number of nitrogens with zero attached hydrogens (tertiary/aromatic N) is 1. The minimum absolute atomic E-state index is 0.210. The zero-order valence-electron chi connectivity index (χ0n) is 17.2. The molecule has 0 saturated carbocycles. The number of carbonyl (C=O) groups is 1. The van der Waals surface area contributed by atoms with Crippen LogP contribution in [0.1, 0.15) is 16.1 Å². The Hall–Kier alpha value is -4.11. The van der Waals surface area contributed by atoms with E-state index < -0.39 is 5.82 Å². The summed E-state index contributed by atoms with van der Waals surface area (Å²) >= 11 is 0. The van der Waals surface area contributed by atoms with Crippen molar-refractivity contribution < 1.29 is 19.0 Å². The molecule has 162 valence electrons. The number of aromatic nitrogens is 2. The van der Waals surface area contributed by atoms with Crippen LogP contribution in [0.4, 0.5) is 27.3 Å². The van der Waals surface area contributed by atoms with E-state index in [-0.39, 0.29) is 11.6 Å². The number of nitrogens with one attached hydrogen (secondary N) is 4. The molecule has 1 aliphatic heterocycles. The zero-order valence-corrected chi connectivity index (χ0v) is 17.2. The first-order valence-electron chi connectivity index (χ1n) is 10.1. The van der Waals surface area contributed by atoms with E-state index in [1.807, 2.05) is 30.3 Å². The van der Waals surface area contributed by atoms with Crippen LogP contribution in [0.15, 0.2) is 54.7 Å². The quantitative estimate of drug-likeness (QED) is 0.348. The number of pyridine rings is 1. The van der Waals surface area contributed by atoms with Crippen LogP contribution < -0.4 is 20.8 Å². The van der Waals surface area contributed by atoms with Gasteiger partial charge in [0.1, 0.15) is 11.5 Å². The van der Waals surface area contributed by atoms with E-state index in [9.17, 15) is 9.18 Å². The predicted octanol–water partition coefficient (Wildman–Crippen LogP) is 4.42. The molecule has 4 aromatic rings. The smallest absolute Gasteiger partial charge is 0.267 e. The van der Waals surface area contributed by atoms with Crippen LogP contribution in [0, 0.1) is 5.82 Å². The van der Waals surface area contributed by atoms with Crippen molar-refractivity contribution in [2.45, 2.75) is 6.42 Å². The number of H-pyrrole nitrogens is 1. The molecule has 0 saturated heterocycles. The number of amides is 1. The monoisotopic (exact) mass is 433 g/mol. The zero-order chi connectivity index (χ0) is 22.1. The lowest BCUT2D eigenvalue weighted by molar-refractivity contribution is -0.215. The molecular weight excluding hydrogens is 413 g/mol. The number of halogens is 1. The Kier molecular flexibility index (Phi) is 5.08. The average molecular weight is 433 g/mol. The van der Waals surface area contributed by atoms with Crippen molar-refractivity contribution in [3.05, 3.63) is 71.8 Å². The van der Waals surface area contributed by atoms with Gasteiger partial charge in [-0.1, -0.05) is 18.2 Å². The van der Waals surface area contributed by atoms with Crippen molar-refractivity contribution >= 4 is 39.7 Å². The van der Waals surface area contributed by atoms with Gasteiger partial charge >= 0.3 is 0 Å². The molecule has 5 rings (SSSR count). The lowest BCUT2D eigenvalue weighted by Gasteiger charge is -2.17. The highest BCUT2D eigenvalue weighted by atomic mass is 19.1. The number of anilines is 4. The second-order valence-corrected chi connectivity index (χ2v) is 7.31. The van der Waals surface area contributed by atoms with E-state index in [2.05, 4.69) is 25.9 Å². The molecule has 0 spiro atoms. The highest BCUT2D eigenvalue weighted by Crippen LogP contribution is 2.31. The van der Waals surface area contributed by atoms with Crippen LogP contribution in [0.3, 0.4) is 0 Å². The Morgan fingerprint density at radius 1 is 1.12 bits per heavy atom. The largest absolute Gasteiger partial charge is 0.354 e. The summed E-state index contributed by atoms with van der Waals surface area (Å²) in [6, 6.07) is 14.5. The molecule has 9 heteroatoms.